The van der Waals surface area contributed by atoms with E-state index in [1.807, 2.05) is 0 Å². The van der Waals surface area contributed by atoms with Crippen LogP contribution in [0, 0.1) is 0 Å². The third-order valence-electron chi connectivity index (χ3n) is 5.95. The zero-order valence-electron chi connectivity index (χ0n) is 32.4. The number of amides is 3. The van der Waals surface area contributed by atoms with E-state index < -0.39 is 18.0 Å². The smallest absolute Gasteiger partial charge is 0.471 e. The van der Waals surface area contributed by atoms with E-state index in [1.54, 1.807) is 74.1 Å². The van der Waals surface area contributed by atoms with Crippen molar-refractivity contribution in [2.24, 2.45) is 5.73 Å². The fourth-order valence-electron chi connectivity index (χ4n) is 3.60. The van der Waals surface area contributed by atoms with Crippen molar-refractivity contribution in [1.29, 1.82) is 0 Å². The number of benzene rings is 2. The summed E-state index contributed by atoms with van der Waals surface area (Å²) < 4.78 is 59.1. The molecule has 0 bridgehead atoms. The van der Waals surface area contributed by atoms with Gasteiger partial charge in [0.15, 0.2) is 0 Å². The monoisotopic (exact) mass is 872 g/mol. The number of rotatable bonds is 23. The minimum absolute atomic E-state index is 0.00304. The van der Waals surface area contributed by atoms with Gasteiger partial charge in [0.05, 0.1) is 26.4 Å². The average molecular weight is 873 g/mol. The highest BCUT2D eigenvalue weighted by Crippen LogP contribution is 2.39. The van der Waals surface area contributed by atoms with Crippen molar-refractivity contribution >= 4 is 60.9 Å². The van der Waals surface area contributed by atoms with Gasteiger partial charge in [-0.1, -0.05) is 96.9 Å². The molecule has 0 aliphatic heterocycles. The number of alkyl halides is 3. The van der Waals surface area contributed by atoms with Crippen molar-refractivity contribution in [2.45, 2.75) is 68.1 Å². The number of halogens is 3. The summed E-state index contributed by atoms with van der Waals surface area (Å²) in [5.41, 5.74) is 5.61. The van der Waals surface area contributed by atoms with Crippen molar-refractivity contribution < 1.29 is 56.7 Å². The van der Waals surface area contributed by atoms with Crippen LogP contribution in [-0.4, -0.2) is 120 Å². The van der Waals surface area contributed by atoms with Crippen LogP contribution in [0.1, 0.15) is 62.3 Å². The molecule has 7 N–H and O–H groups in total. The molecule has 2 rings (SSSR count). The van der Waals surface area contributed by atoms with Gasteiger partial charge in [0.25, 0.3) is 11.8 Å². The van der Waals surface area contributed by atoms with Gasteiger partial charge in [-0.2, -0.15) is 13.2 Å². The van der Waals surface area contributed by atoms with Crippen LogP contribution in [0.15, 0.2) is 48.5 Å². The number of ether oxygens (including phenoxy) is 4. The van der Waals surface area contributed by atoms with Crippen LogP contribution >= 0.6 is 43.2 Å². The predicted octanol–water partition coefficient (Wildman–Crippen LogP) is 5.26. The number of nitrogens with two attached hydrogens (primary N) is 1. The Kier molecular flexibility index (Phi) is 25.0. The first-order chi connectivity index (χ1) is 26.3. The SMILES string of the molecule is CC(C)(C)SSC(COc1cccc(C(=O)NCCN)c1)OCCO.CC(C)(C)SSC(COc1cccc(C(=O)NCCNC(=O)C(F)(F)F)c1)OCCO. The molecule has 20 heteroatoms. The molecule has 2 unspecified atom stereocenters. The lowest BCUT2D eigenvalue weighted by Crippen LogP contribution is -2.41. The Hall–Kier alpha value is -2.56. The van der Waals surface area contributed by atoms with E-state index in [9.17, 15) is 27.6 Å². The van der Waals surface area contributed by atoms with Gasteiger partial charge >= 0.3 is 12.1 Å². The second kappa shape index (κ2) is 27.2. The number of hydrogen-bond acceptors (Lipinski definition) is 14. The fourth-order valence-corrected chi connectivity index (χ4v) is 7.98. The Bertz CT molecular complexity index is 1450. The van der Waals surface area contributed by atoms with Gasteiger partial charge < -0.3 is 50.8 Å². The van der Waals surface area contributed by atoms with Crippen LogP contribution in [-0.2, 0) is 14.3 Å². The number of carbonyl (C=O) groups excluding carboxylic acids is 3. The van der Waals surface area contributed by atoms with Crippen molar-refractivity contribution in [1.82, 2.24) is 16.0 Å². The molecule has 3 amide bonds. The van der Waals surface area contributed by atoms with Crippen molar-refractivity contribution in [3.05, 3.63) is 59.7 Å². The van der Waals surface area contributed by atoms with Crippen LogP contribution < -0.4 is 31.2 Å². The highest BCUT2D eigenvalue weighted by Gasteiger charge is 2.38. The molecule has 0 aliphatic carbocycles. The van der Waals surface area contributed by atoms with Gasteiger partial charge in [0.2, 0.25) is 0 Å². The Balaban J connectivity index is 0.000000573. The molecular formula is C36H55F3N4O9S4. The lowest BCUT2D eigenvalue weighted by Gasteiger charge is -2.22. The summed E-state index contributed by atoms with van der Waals surface area (Å²) >= 11 is 0. The van der Waals surface area contributed by atoms with Gasteiger partial charge in [-0.05, 0) is 36.4 Å². The molecule has 0 heterocycles. The van der Waals surface area contributed by atoms with Gasteiger partial charge in [-0.15, -0.1) is 0 Å². The van der Waals surface area contributed by atoms with E-state index in [-0.39, 0.29) is 78.0 Å². The number of aliphatic hydroxyl groups excluding tert-OH is 2. The first-order valence-electron chi connectivity index (χ1n) is 17.5. The zero-order valence-corrected chi connectivity index (χ0v) is 35.7. The van der Waals surface area contributed by atoms with Crippen molar-refractivity contribution in [3.8, 4) is 11.5 Å². The van der Waals surface area contributed by atoms with E-state index >= 15 is 0 Å². The number of nitrogens with one attached hydrogen (secondary N) is 3. The molecule has 0 spiro atoms. The number of hydrogen-bond donors (Lipinski definition) is 6. The third kappa shape index (κ3) is 24.9. The topological polar surface area (TPSA) is 191 Å². The third-order valence-corrected chi connectivity index (χ3v) is 13.0. The number of carbonyl (C=O) groups is 3. The van der Waals surface area contributed by atoms with Crippen LogP contribution in [0.25, 0.3) is 0 Å². The summed E-state index contributed by atoms with van der Waals surface area (Å²) in [7, 11) is 6.37. The quantitative estimate of drug-likeness (QED) is 0.0482. The zero-order chi connectivity index (χ0) is 42.2. The summed E-state index contributed by atoms with van der Waals surface area (Å²) in [5, 5.41) is 24.8. The second-order valence-corrected chi connectivity index (χ2v) is 19.7. The van der Waals surface area contributed by atoms with E-state index in [4.69, 9.17) is 34.9 Å². The van der Waals surface area contributed by atoms with E-state index in [1.165, 1.54) is 22.9 Å². The lowest BCUT2D eigenvalue weighted by molar-refractivity contribution is -0.173. The van der Waals surface area contributed by atoms with Crippen molar-refractivity contribution in [2.75, 3.05) is 65.8 Å². The van der Waals surface area contributed by atoms with Gasteiger partial charge in [0, 0.05) is 46.8 Å². The normalized spacial score (nSPS) is 12.8. The lowest BCUT2D eigenvalue weighted by atomic mass is 10.2. The summed E-state index contributed by atoms with van der Waals surface area (Å²) in [6, 6.07) is 13.3. The molecule has 2 aromatic carbocycles. The minimum atomic E-state index is -4.96. The molecule has 13 nitrogen and oxygen atoms in total. The van der Waals surface area contributed by atoms with E-state index in [0.29, 0.717) is 36.8 Å². The number of aliphatic hydroxyl groups is 2. The Morgan fingerprint density at radius 3 is 1.48 bits per heavy atom. The minimum Gasteiger partial charge on any atom is -0.490 e. The molecule has 0 radical (unpaired) electrons. The Labute approximate surface area is 343 Å². The summed E-state index contributed by atoms with van der Waals surface area (Å²) in [6.07, 6.45) is -4.96. The summed E-state index contributed by atoms with van der Waals surface area (Å²) in [5.74, 6) is -1.74. The van der Waals surface area contributed by atoms with Gasteiger partial charge in [0.1, 0.15) is 35.6 Å². The predicted molar refractivity (Wildman–Crippen MR) is 220 cm³/mol. The maximum Gasteiger partial charge on any atom is 0.471 e. The highest BCUT2D eigenvalue weighted by molar-refractivity contribution is 8.77. The van der Waals surface area contributed by atoms with Gasteiger partial charge in [-0.25, -0.2) is 0 Å². The maximum absolute atomic E-state index is 12.2. The molecule has 56 heavy (non-hydrogen) atoms. The molecular weight excluding hydrogens is 818 g/mol. The highest BCUT2D eigenvalue weighted by atomic mass is 33.1. The second-order valence-electron chi connectivity index (χ2n) is 13.4. The molecule has 2 atom stereocenters. The largest absolute Gasteiger partial charge is 0.490 e. The average Bonchev–Trinajstić information content (AvgIpc) is 3.14. The first kappa shape index (κ1) is 51.5. The van der Waals surface area contributed by atoms with Crippen molar-refractivity contribution in [3.63, 3.8) is 0 Å². The molecule has 2 aromatic rings. The van der Waals surface area contributed by atoms with Crippen LogP contribution in [0.4, 0.5) is 13.2 Å². The van der Waals surface area contributed by atoms with E-state index in [0.717, 1.165) is 0 Å². The fraction of sp³-hybridized carbons (Fsp3) is 0.583. The molecule has 0 saturated carbocycles. The first-order valence-corrected chi connectivity index (χ1v) is 21.9. The Morgan fingerprint density at radius 1 is 0.696 bits per heavy atom. The van der Waals surface area contributed by atoms with Crippen LogP contribution in [0.5, 0.6) is 11.5 Å². The van der Waals surface area contributed by atoms with Gasteiger partial charge in [-0.3, -0.25) is 14.4 Å². The summed E-state index contributed by atoms with van der Waals surface area (Å²) in [6.45, 7) is 13.6. The van der Waals surface area contributed by atoms with Crippen LogP contribution in [0.3, 0.4) is 0 Å². The standard InChI is InChI=1S/C19H27F3N2O5S2.C17H28N2O4S2/c1-18(2,3)31-30-15(28-10-9-25)12-29-14-6-4-5-13(11-14)16(26)23-7-8-24-17(27)19(20,21)22;1-17(2,3)25-24-15(22-10-9-20)12-23-14-6-4-5-13(11-14)16(21)19-8-7-18/h4-6,11,15,25H,7-10,12H2,1-3H3,(H,23,26)(H,24,27);4-6,11,15,20H,7-10,12,18H2,1-3H3,(H,19,21). The molecule has 318 valence electrons. The Morgan fingerprint density at radius 2 is 1.11 bits per heavy atom. The van der Waals surface area contributed by atoms with E-state index in [2.05, 4.69) is 52.2 Å². The molecule has 0 aromatic heterocycles. The summed E-state index contributed by atoms with van der Waals surface area (Å²) in [4.78, 5) is 34.9. The van der Waals surface area contributed by atoms with Crippen LogP contribution in [0.2, 0.25) is 0 Å². The molecule has 0 aliphatic rings. The molecule has 0 fully saturated rings. The molecule has 0 saturated heterocycles. The maximum atomic E-state index is 12.2.